The number of H-pyrrole nitrogens is 1. The summed E-state index contributed by atoms with van der Waals surface area (Å²) in [5.41, 5.74) is 5.24. The number of anilines is 1. The second-order valence-electron chi connectivity index (χ2n) is 9.49. The number of nitrogens with zero attached hydrogens (tertiary/aromatic N) is 5. The van der Waals surface area contributed by atoms with Crippen molar-refractivity contribution in [2.45, 2.75) is 57.7 Å². The summed E-state index contributed by atoms with van der Waals surface area (Å²) in [5, 5.41) is 21.8. The standard InChI is InChI=1S/C25H33N7O2/c1-17(33)32-12-9-20(10-13-32)28-25-24-23(26-16-27-25)22(29-30-24)7-6-21(34)15-31-11-8-18-4-2-3-5-19(18)14-31/h2-5,16,20-21,34H,6-15H2,1H3,(H,29,30)(H,26,27,28). The molecule has 2 aromatic heterocycles. The van der Waals surface area contributed by atoms with E-state index in [4.69, 9.17) is 0 Å². The van der Waals surface area contributed by atoms with Crippen molar-refractivity contribution in [3.63, 3.8) is 0 Å². The lowest BCUT2D eigenvalue weighted by molar-refractivity contribution is -0.129. The van der Waals surface area contributed by atoms with Gasteiger partial charge >= 0.3 is 0 Å². The van der Waals surface area contributed by atoms with Crippen molar-refractivity contribution in [2.75, 3.05) is 31.5 Å². The maximum atomic E-state index is 11.6. The van der Waals surface area contributed by atoms with Crippen molar-refractivity contribution < 1.29 is 9.90 Å². The summed E-state index contributed by atoms with van der Waals surface area (Å²) in [4.78, 5) is 24.7. The van der Waals surface area contributed by atoms with Crippen molar-refractivity contribution >= 4 is 22.8 Å². The van der Waals surface area contributed by atoms with Gasteiger partial charge in [-0.1, -0.05) is 24.3 Å². The zero-order valence-electron chi connectivity index (χ0n) is 19.7. The highest BCUT2D eigenvalue weighted by Gasteiger charge is 2.23. The summed E-state index contributed by atoms with van der Waals surface area (Å²) >= 11 is 0. The van der Waals surface area contributed by atoms with Crippen molar-refractivity contribution in [1.82, 2.24) is 30.0 Å². The highest BCUT2D eigenvalue weighted by Crippen LogP contribution is 2.24. The molecule has 180 valence electrons. The maximum Gasteiger partial charge on any atom is 0.219 e. The van der Waals surface area contributed by atoms with E-state index in [1.807, 2.05) is 4.90 Å². The number of fused-ring (bicyclic) bond motifs is 2. The van der Waals surface area contributed by atoms with Gasteiger partial charge in [0.1, 0.15) is 17.4 Å². The van der Waals surface area contributed by atoms with E-state index >= 15 is 0 Å². The molecular formula is C25H33N7O2. The number of carbonyl (C=O) groups is 1. The maximum absolute atomic E-state index is 11.6. The molecule has 0 aliphatic carbocycles. The first-order valence-electron chi connectivity index (χ1n) is 12.2. The molecule has 0 bridgehead atoms. The number of aliphatic hydroxyl groups excluding tert-OH is 1. The van der Waals surface area contributed by atoms with Gasteiger partial charge < -0.3 is 15.3 Å². The fraction of sp³-hybridized carbons (Fsp3) is 0.520. The molecule has 4 heterocycles. The Morgan fingerprint density at radius 2 is 2.00 bits per heavy atom. The van der Waals surface area contributed by atoms with Crippen LogP contribution in [0.15, 0.2) is 30.6 Å². The van der Waals surface area contributed by atoms with E-state index in [1.54, 1.807) is 13.3 Å². The number of aromatic nitrogens is 4. The number of benzene rings is 1. The van der Waals surface area contributed by atoms with Crippen LogP contribution in [-0.2, 0) is 24.2 Å². The van der Waals surface area contributed by atoms with E-state index in [1.165, 1.54) is 11.1 Å². The molecular weight excluding hydrogens is 430 g/mol. The second-order valence-corrected chi connectivity index (χ2v) is 9.49. The quantitative estimate of drug-likeness (QED) is 0.492. The molecule has 0 radical (unpaired) electrons. The first-order valence-corrected chi connectivity index (χ1v) is 12.2. The Bertz CT molecular complexity index is 1140. The third-order valence-corrected chi connectivity index (χ3v) is 7.10. The summed E-state index contributed by atoms with van der Waals surface area (Å²) < 4.78 is 0. The minimum atomic E-state index is -0.414. The van der Waals surface area contributed by atoms with Gasteiger partial charge in [-0.25, -0.2) is 9.97 Å². The topological polar surface area (TPSA) is 110 Å². The van der Waals surface area contributed by atoms with Crippen LogP contribution < -0.4 is 5.32 Å². The normalized spacial score (nSPS) is 18.1. The molecule has 3 aromatic rings. The van der Waals surface area contributed by atoms with Crippen LogP contribution in [0.4, 0.5) is 5.82 Å². The average Bonchev–Trinajstić information content (AvgIpc) is 3.27. The van der Waals surface area contributed by atoms with Crippen molar-refractivity contribution in [2.24, 2.45) is 0 Å². The number of amides is 1. The van der Waals surface area contributed by atoms with Crippen molar-refractivity contribution in [3.8, 4) is 0 Å². The Labute approximate surface area is 199 Å². The zero-order chi connectivity index (χ0) is 23.5. The largest absolute Gasteiger partial charge is 0.392 e. The molecule has 1 fully saturated rings. The molecule has 1 atom stereocenters. The Morgan fingerprint density at radius 1 is 1.21 bits per heavy atom. The number of likely N-dealkylation sites (tertiary alicyclic amines) is 1. The molecule has 1 saturated heterocycles. The number of nitrogens with one attached hydrogen (secondary N) is 2. The van der Waals surface area contributed by atoms with Crippen LogP contribution in [0.3, 0.4) is 0 Å². The van der Waals surface area contributed by atoms with E-state index < -0.39 is 6.10 Å². The summed E-state index contributed by atoms with van der Waals surface area (Å²) in [7, 11) is 0. The van der Waals surface area contributed by atoms with Gasteiger partial charge in [-0.3, -0.25) is 14.8 Å². The minimum absolute atomic E-state index is 0.133. The zero-order valence-corrected chi connectivity index (χ0v) is 19.7. The number of aryl methyl sites for hydroxylation is 1. The molecule has 9 nitrogen and oxygen atoms in total. The summed E-state index contributed by atoms with van der Waals surface area (Å²) in [6, 6.07) is 8.82. The van der Waals surface area contributed by atoms with E-state index in [-0.39, 0.29) is 11.9 Å². The Morgan fingerprint density at radius 3 is 2.79 bits per heavy atom. The average molecular weight is 464 g/mol. The molecule has 1 aromatic carbocycles. The van der Waals surface area contributed by atoms with Gasteiger partial charge in [0.25, 0.3) is 0 Å². The monoisotopic (exact) mass is 463 g/mol. The third-order valence-electron chi connectivity index (χ3n) is 7.10. The van der Waals surface area contributed by atoms with Crippen LogP contribution in [0.1, 0.15) is 43.0 Å². The van der Waals surface area contributed by atoms with E-state index in [9.17, 15) is 9.90 Å². The van der Waals surface area contributed by atoms with Crippen LogP contribution in [0.25, 0.3) is 11.0 Å². The molecule has 0 spiro atoms. The third kappa shape index (κ3) is 5.05. The number of hydrogen-bond donors (Lipinski definition) is 3. The summed E-state index contributed by atoms with van der Waals surface area (Å²) in [6.07, 6.45) is 5.25. The SMILES string of the molecule is CC(=O)N1CCC(Nc2ncnc3c(CCC(O)CN4CCc5ccccc5C4)n[nH]c23)CC1. The Hall–Kier alpha value is -3.04. The molecule has 34 heavy (non-hydrogen) atoms. The number of rotatable bonds is 7. The lowest BCUT2D eigenvalue weighted by atomic mass is 9.99. The summed E-state index contributed by atoms with van der Waals surface area (Å²) in [6.45, 7) is 5.68. The highest BCUT2D eigenvalue weighted by atomic mass is 16.3. The summed E-state index contributed by atoms with van der Waals surface area (Å²) in [5.74, 6) is 0.880. The first-order chi connectivity index (χ1) is 16.6. The van der Waals surface area contributed by atoms with Gasteiger partial charge in [-0.2, -0.15) is 5.10 Å². The van der Waals surface area contributed by atoms with Crippen LogP contribution >= 0.6 is 0 Å². The fourth-order valence-corrected chi connectivity index (χ4v) is 5.11. The highest BCUT2D eigenvalue weighted by molar-refractivity contribution is 5.86. The molecule has 0 saturated carbocycles. The molecule has 5 rings (SSSR count). The number of aliphatic hydroxyl groups is 1. The smallest absolute Gasteiger partial charge is 0.219 e. The van der Waals surface area contributed by atoms with Gasteiger partial charge in [0.05, 0.1) is 11.8 Å². The van der Waals surface area contributed by atoms with E-state index in [0.717, 1.165) is 68.0 Å². The fourth-order valence-electron chi connectivity index (χ4n) is 5.11. The van der Waals surface area contributed by atoms with Gasteiger partial charge in [0.2, 0.25) is 5.91 Å². The van der Waals surface area contributed by atoms with Crippen molar-refractivity contribution in [1.29, 1.82) is 0 Å². The molecule has 2 aliphatic rings. The van der Waals surface area contributed by atoms with Crippen molar-refractivity contribution in [3.05, 3.63) is 47.4 Å². The van der Waals surface area contributed by atoms with Gasteiger partial charge in [0.15, 0.2) is 5.82 Å². The van der Waals surface area contributed by atoms with E-state index in [2.05, 4.69) is 54.6 Å². The molecule has 9 heteroatoms. The second kappa shape index (κ2) is 10.1. The lowest BCUT2D eigenvalue weighted by Gasteiger charge is -2.31. The molecule has 1 unspecified atom stereocenters. The predicted molar refractivity (Wildman–Crippen MR) is 130 cm³/mol. The molecule has 1 amide bonds. The molecule has 3 N–H and O–H groups in total. The van der Waals surface area contributed by atoms with E-state index in [0.29, 0.717) is 19.4 Å². The number of piperidine rings is 1. The Kier molecular flexibility index (Phi) is 6.73. The number of aromatic amines is 1. The minimum Gasteiger partial charge on any atom is -0.392 e. The van der Waals surface area contributed by atoms with Crippen LogP contribution in [0.2, 0.25) is 0 Å². The van der Waals surface area contributed by atoms with Gasteiger partial charge in [0, 0.05) is 45.7 Å². The lowest BCUT2D eigenvalue weighted by Crippen LogP contribution is -2.41. The number of β-amino-alcohol motifs (C(OH)–C–C–N with tert-alkyl or cyclic N) is 1. The Balaban J connectivity index is 1.16. The van der Waals surface area contributed by atoms with Gasteiger partial charge in [-0.15, -0.1) is 0 Å². The first kappa shape index (κ1) is 22.7. The predicted octanol–water partition coefficient (Wildman–Crippen LogP) is 2.13. The van der Waals surface area contributed by atoms with Crippen LogP contribution in [0.5, 0.6) is 0 Å². The van der Waals surface area contributed by atoms with Crippen LogP contribution in [0, 0.1) is 0 Å². The van der Waals surface area contributed by atoms with Gasteiger partial charge in [-0.05, 0) is 43.2 Å². The number of carbonyl (C=O) groups excluding carboxylic acids is 1. The molecule has 2 aliphatic heterocycles. The number of hydrogen-bond acceptors (Lipinski definition) is 7. The van der Waals surface area contributed by atoms with Crippen LogP contribution in [-0.4, -0.2) is 79.3 Å².